The fourth-order valence-electron chi connectivity index (χ4n) is 2.63. The highest BCUT2D eigenvalue weighted by atomic mass is 16.5. The van der Waals surface area contributed by atoms with Crippen LogP contribution in [0.2, 0.25) is 0 Å². The summed E-state index contributed by atoms with van der Waals surface area (Å²) in [5.41, 5.74) is 1.54. The van der Waals surface area contributed by atoms with Crippen LogP contribution in [0, 0.1) is 5.41 Å². The number of nitrogens with one attached hydrogen (secondary N) is 2. The molecule has 1 aromatic rings. The zero-order valence-electron chi connectivity index (χ0n) is 11.6. The Morgan fingerprint density at radius 3 is 2.89 bits per heavy atom. The number of rotatable bonds is 4. The molecule has 0 aromatic heterocycles. The normalized spacial score (nSPS) is 22.7. The predicted octanol–water partition coefficient (Wildman–Crippen LogP) is 2.17. The van der Waals surface area contributed by atoms with E-state index in [1.807, 2.05) is 12.1 Å². The second-order valence-electron chi connectivity index (χ2n) is 5.70. The quantitative estimate of drug-likeness (QED) is 0.857. The third kappa shape index (κ3) is 3.03. The van der Waals surface area contributed by atoms with Gasteiger partial charge >= 0.3 is 0 Å². The highest BCUT2D eigenvalue weighted by molar-refractivity contribution is 5.33. The van der Waals surface area contributed by atoms with Crippen molar-refractivity contribution in [2.45, 2.75) is 32.9 Å². The van der Waals surface area contributed by atoms with Crippen LogP contribution in [0.1, 0.15) is 25.8 Å². The summed E-state index contributed by atoms with van der Waals surface area (Å²) in [6, 6.07) is 8.78. The molecule has 0 saturated carbocycles. The molecule has 1 aliphatic rings. The fourth-order valence-corrected chi connectivity index (χ4v) is 2.63. The number of hydrogen-bond acceptors (Lipinski definition) is 3. The van der Waals surface area contributed by atoms with Gasteiger partial charge in [0.1, 0.15) is 5.75 Å². The van der Waals surface area contributed by atoms with Gasteiger partial charge in [-0.25, -0.2) is 0 Å². The van der Waals surface area contributed by atoms with E-state index >= 15 is 0 Å². The maximum absolute atomic E-state index is 5.38. The zero-order chi connectivity index (χ0) is 13.0. The molecule has 2 N–H and O–H groups in total. The van der Waals surface area contributed by atoms with Crippen molar-refractivity contribution >= 4 is 0 Å². The molecule has 0 spiro atoms. The summed E-state index contributed by atoms with van der Waals surface area (Å²) >= 11 is 0. The molecule has 2 rings (SSSR count). The first kappa shape index (κ1) is 13.4. The molecule has 1 unspecified atom stereocenters. The van der Waals surface area contributed by atoms with Gasteiger partial charge in [-0.05, 0) is 24.4 Å². The lowest BCUT2D eigenvalue weighted by Gasteiger charge is -2.39. The molecule has 1 aromatic carbocycles. The average Bonchev–Trinajstić information content (AvgIpc) is 2.37. The second kappa shape index (κ2) is 5.72. The predicted molar refractivity (Wildman–Crippen MR) is 74.9 cm³/mol. The van der Waals surface area contributed by atoms with Gasteiger partial charge in [0.25, 0.3) is 0 Å². The first-order valence-electron chi connectivity index (χ1n) is 6.69. The molecule has 1 heterocycles. The Labute approximate surface area is 110 Å². The summed E-state index contributed by atoms with van der Waals surface area (Å²) in [6.45, 7) is 7.69. The van der Waals surface area contributed by atoms with Gasteiger partial charge in [-0.1, -0.05) is 32.0 Å². The summed E-state index contributed by atoms with van der Waals surface area (Å²) in [4.78, 5) is 0. The molecule has 1 fully saturated rings. The lowest BCUT2D eigenvalue weighted by Crippen LogP contribution is -2.52. The van der Waals surface area contributed by atoms with Crippen molar-refractivity contribution in [3.63, 3.8) is 0 Å². The van der Waals surface area contributed by atoms with Crippen LogP contribution in [0.15, 0.2) is 24.3 Å². The Bertz CT molecular complexity index is 390. The smallest absolute Gasteiger partial charge is 0.123 e. The van der Waals surface area contributed by atoms with Crippen molar-refractivity contribution in [3.05, 3.63) is 29.8 Å². The molecular weight excluding hydrogens is 224 g/mol. The summed E-state index contributed by atoms with van der Waals surface area (Å²) in [5, 5.41) is 7.14. The molecule has 1 aliphatic heterocycles. The maximum Gasteiger partial charge on any atom is 0.123 e. The van der Waals surface area contributed by atoms with Gasteiger partial charge in [0.2, 0.25) is 0 Å². The van der Waals surface area contributed by atoms with Crippen molar-refractivity contribution in [1.82, 2.24) is 10.6 Å². The first-order valence-corrected chi connectivity index (χ1v) is 6.69. The van der Waals surface area contributed by atoms with E-state index in [1.54, 1.807) is 7.11 Å². The summed E-state index contributed by atoms with van der Waals surface area (Å²) < 4.78 is 5.38. The van der Waals surface area contributed by atoms with Crippen LogP contribution in [-0.4, -0.2) is 26.2 Å². The van der Waals surface area contributed by atoms with Gasteiger partial charge in [0.15, 0.2) is 0 Å². The molecule has 0 amide bonds. The van der Waals surface area contributed by atoms with E-state index in [2.05, 4.69) is 36.6 Å². The molecule has 0 bridgehead atoms. The van der Waals surface area contributed by atoms with Gasteiger partial charge in [-0.15, -0.1) is 0 Å². The second-order valence-corrected chi connectivity index (χ2v) is 5.70. The number of ether oxygens (including phenoxy) is 1. The molecule has 3 nitrogen and oxygen atoms in total. The Morgan fingerprint density at radius 1 is 1.39 bits per heavy atom. The van der Waals surface area contributed by atoms with E-state index in [9.17, 15) is 0 Å². The molecule has 1 saturated heterocycles. The largest absolute Gasteiger partial charge is 0.496 e. The lowest BCUT2D eigenvalue weighted by atomic mass is 9.80. The van der Waals surface area contributed by atoms with Crippen LogP contribution in [0.25, 0.3) is 0 Å². The van der Waals surface area contributed by atoms with Crippen LogP contribution < -0.4 is 15.4 Å². The van der Waals surface area contributed by atoms with Gasteiger partial charge < -0.3 is 15.4 Å². The highest BCUT2D eigenvalue weighted by Crippen LogP contribution is 2.26. The standard InChI is InChI=1S/C15H24N2O/c1-15(2)11-16-9-8-14(15)17-10-12-6-4-5-7-13(12)18-3/h4-7,14,16-17H,8-11H2,1-3H3. The van der Waals surface area contributed by atoms with E-state index in [0.717, 1.165) is 25.4 Å². The van der Waals surface area contributed by atoms with Crippen LogP contribution in [0.3, 0.4) is 0 Å². The van der Waals surface area contributed by atoms with Crippen LogP contribution >= 0.6 is 0 Å². The molecule has 1 atom stereocenters. The van der Waals surface area contributed by atoms with E-state index in [0.29, 0.717) is 11.5 Å². The number of hydrogen-bond donors (Lipinski definition) is 2. The average molecular weight is 248 g/mol. The molecule has 3 heteroatoms. The fraction of sp³-hybridized carbons (Fsp3) is 0.600. The van der Waals surface area contributed by atoms with Crippen molar-refractivity contribution in [1.29, 1.82) is 0 Å². The van der Waals surface area contributed by atoms with Crippen molar-refractivity contribution in [3.8, 4) is 5.75 Å². The van der Waals surface area contributed by atoms with Crippen LogP contribution in [-0.2, 0) is 6.54 Å². The monoisotopic (exact) mass is 248 g/mol. The summed E-state index contributed by atoms with van der Waals surface area (Å²) in [6.07, 6.45) is 1.18. The number of methoxy groups -OCH3 is 1. The van der Waals surface area contributed by atoms with Gasteiger partial charge in [-0.2, -0.15) is 0 Å². The minimum absolute atomic E-state index is 0.306. The SMILES string of the molecule is COc1ccccc1CNC1CCNCC1(C)C. The third-order valence-corrected chi connectivity index (χ3v) is 3.87. The van der Waals surface area contributed by atoms with E-state index < -0.39 is 0 Å². The molecular formula is C15H24N2O. The Balaban J connectivity index is 1.98. The van der Waals surface area contributed by atoms with Crippen LogP contribution in [0.5, 0.6) is 5.75 Å². The van der Waals surface area contributed by atoms with Crippen molar-refractivity contribution in [2.75, 3.05) is 20.2 Å². The Morgan fingerprint density at radius 2 is 2.17 bits per heavy atom. The zero-order valence-corrected chi connectivity index (χ0v) is 11.6. The Kier molecular flexibility index (Phi) is 4.25. The maximum atomic E-state index is 5.38. The Hall–Kier alpha value is -1.06. The van der Waals surface area contributed by atoms with E-state index in [4.69, 9.17) is 4.74 Å². The van der Waals surface area contributed by atoms with E-state index in [-0.39, 0.29) is 0 Å². The molecule has 18 heavy (non-hydrogen) atoms. The lowest BCUT2D eigenvalue weighted by molar-refractivity contribution is 0.183. The summed E-state index contributed by atoms with van der Waals surface area (Å²) in [5.74, 6) is 0.969. The third-order valence-electron chi connectivity index (χ3n) is 3.87. The summed E-state index contributed by atoms with van der Waals surface area (Å²) in [7, 11) is 1.73. The van der Waals surface area contributed by atoms with Crippen LogP contribution in [0.4, 0.5) is 0 Å². The minimum atomic E-state index is 0.306. The molecule has 0 radical (unpaired) electrons. The molecule has 100 valence electrons. The molecule has 0 aliphatic carbocycles. The van der Waals surface area contributed by atoms with Gasteiger partial charge in [0, 0.05) is 24.7 Å². The van der Waals surface area contributed by atoms with Crippen molar-refractivity contribution < 1.29 is 4.74 Å². The number of para-hydroxylation sites is 1. The van der Waals surface area contributed by atoms with Gasteiger partial charge in [-0.3, -0.25) is 0 Å². The number of benzene rings is 1. The topological polar surface area (TPSA) is 33.3 Å². The highest BCUT2D eigenvalue weighted by Gasteiger charge is 2.31. The minimum Gasteiger partial charge on any atom is -0.496 e. The van der Waals surface area contributed by atoms with Crippen molar-refractivity contribution in [2.24, 2.45) is 5.41 Å². The number of piperidine rings is 1. The van der Waals surface area contributed by atoms with E-state index in [1.165, 1.54) is 12.0 Å². The first-order chi connectivity index (χ1) is 8.63. The van der Waals surface area contributed by atoms with Gasteiger partial charge in [0.05, 0.1) is 7.11 Å².